The van der Waals surface area contributed by atoms with Crippen molar-refractivity contribution in [2.45, 2.75) is 58.3 Å². The Hall–Kier alpha value is -2.39. The van der Waals surface area contributed by atoms with E-state index in [1.165, 1.54) is 40.7 Å². The minimum atomic E-state index is 0.0580. The number of aryl methyl sites for hydroxylation is 1. The molecule has 0 spiro atoms. The van der Waals surface area contributed by atoms with Crippen molar-refractivity contribution in [1.29, 1.82) is 0 Å². The van der Waals surface area contributed by atoms with Crippen LogP contribution in [0.4, 0.5) is 0 Å². The number of benzene rings is 2. The first-order valence-corrected chi connectivity index (χ1v) is 11.5. The molecule has 0 radical (unpaired) electrons. The van der Waals surface area contributed by atoms with Crippen LogP contribution in [0.5, 0.6) is 0 Å². The van der Waals surface area contributed by atoms with Gasteiger partial charge in [-0.15, -0.1) is 0 Å². The molecule has 0 N–H and O–H groups in total. The molecule has 1 saturated heterocycles. The number of amides is 1. The number of carbonyl (C=O) groups is 1. The third-order valence-electron chi connectivity index (χ3n) is 7.14. The Bertz CT molecular complexity index is 1010. The number of nitrogens with zero attached hydrogens (tertiary/aromatic N) is 1. The highest BCUT2D eigenvalue weighted by Gasteiger charge is 2.37. The van der Waals surface area contributed by atoms with Crippen molar-refractivity contribution in [3.8, 4) is 11.1 Å². The van der Waals surface area contributed by atoms with Crippen molar-refractivity contribution >= 4 is 12.0 Å². The normalized spacial score (nSPS) is 20.0. The fraction of sp³-hybridized carbons (Fsp3) is 0.464. The Labute approximate surface area is 187 Å². The van der Waals surface area contributed by atoms with Gasteiger partial charge in [-0.1, -0.05) is 58.0 Å². The number of carbonyl (C=O) groups excluding carboxylic acids is 1. The molecule has 0 aromatic heterocycles. The first-order valence-electron chi connectivity index (χ1n) is 11.5. The molecule has 0 atom stereocenters. The number of hydrogen-bond donors (Lipinski definition) is 0. The van der Waals surface area contributed by atoms with E-state index in [1.807, 2.05) is 11.0 Å². The highest BCUT2D eigenvalue weighted by atomic mass is 16.5. The fourth-order valence-corrected chi connectivity index (χ4v) is 4.90. The lowest BCUT2D eigenvalue weighted by atomic mass is 9.62. The quantitative estimate of drug-likeness (QED) is 0.583. The molecule has 3 heteroatoms. The van der Waals surface area contributed by atoms with Crippen molar-refractivity contribution in [2.24, 2.45) is 0 Å². The van der Waals surface area contributed by atoms with Crippen LogP contribution in [-0.4, -0.2) is 37.1 Å². The molecule has 0 bridgehead atoms. The molecule has 2 aliphatic rings. The molecular formula is C28H35NO2. The van der Waals surface area contributed by atoms with Crippen LogP contribution < -0.4 is 0 Å². The van der Waals surface area contributed by atoms with Crippen molar-refractivity contribution in [2.75, 3.05) is 26.3 Å². The molecule has 1 amide bonds. The lowest BCUT2D eigenvalue weighted by Crippen LogP contribution is -2.39. The minimum absolute atomic E-state index is 0.0580. The van der Waals surface area contributed by atoms with Gasteiger partial charge in [0.2, 0.25) is 5.91 Å². The molecule has 1 fully saturated rings. The molecule has 164 valence electrons. The first kappa shape index (κ1) is 21.8. The van der Waals surface area contributed by atoms with E-state index in [4.69, 9.17) is 4.74 Å². The van der Waals surface area contributed by atoms with Crippen LogP contribution >= 0.6 is 0 Å². The number of rotatable bonds is 3. The van der Waals surface area contributed by atoms with Crippen LogP contribution in [0.3, 0.4) is 0 Å². The Morgan fingerprint density at radius 3 is 2.29 bits per heavy atom. The van der Waals surface area contributed by atoms with E-state index in [9.17, 15) is 4.79 Å². The first-order chi connectivity index (χ1) is 14.7. The van der Waals surface area contributed by atoms with E-state index in [-0.39, 0.29) is 16.7 Å². The zero-order valence-electron chi connectivity index (χ0n) is 19.6. The molecule has 0 saturated carbocycles. The van der Waals surface area contributed by atoms with Crippen LogP contribution in [0.25, 0.3) is 17.2 Å². The summed E-state index contributed by atoms with van der Waals surface area (Å²) in [5, 5.41) is 0. The van der Waals surface area contributed by atoms with Crippen LogP contribution in [-0.2, 0) is 20.4 Å². The number of fused-ring (bicyclic) bond motifs is 1. The highest BCUT2D eigenvalue weighted by Crippen LogP contribution is 2.47. The van der Waals surface area contributed by atoms with Crippen LogP contribution in [0.2, 0.25) is 0 Å². The van der Waals surface area contributed by atoms with Gasteiger partial charge >= 0.3 is 0 Å². The molecule has 3 nitrogen and oxygen atoms in total. The van der Waals surface area contributed by atoms with E-state index in [0.717, 1.165) is 5.56 Å². The molecule has 1 aliphatic carbocycles. The molecular weight excluding hydrogens is 382 g/mol. The van der Waals surface area contributed by atoms with E-state index in [2.05, 4.69) is 71.0 Å². The topological polar surface area (TPSA) is 29.5 Å². The SMILES string of the molecule is Cc1cc2c(cc1-c1cccc(C=CC(=O)N3CCOCC3)c1)C(C)(C)CCC2(C)C. The summed E-state index contributed by atoms with van der Waals surface area (Å²) < 4.78 is 5.34. The van der Waals surface area contributed by atoms with Gasteiger partial charge in [-0.05, 0) is 76.1 Å². The fourth-order valence-electron chi connectivity index (χ4n) is 4.90. The zero-order chi connectivity index (χ0) is 22.2. The molecule has 31 heavy (non-hydrogen) atoms. The van der Waals surface area contributed by atoms with Crippen molar-refractivity contribution < 1.29 is 9.53 Å². The maximum atomic E-state index is 12.5. The van der Waals surface area contributed by atoms with Gasteiger partial charge in [0.15, 0.2) is 0 Å². The van der Waals surface area contributed by atoms with Gasteiger partial charge in [0.1, 0.15) is 0 Å². The van der Waals surface area contributed by atoms with E-state index in [0.29, 0.717) is 26.3 Å². The van der Waals surface area contributed by atoms with Gasteiger partial charge in [0.25, 0.3) is 0 Å². The summed E-state index contributed by atoms with van der Waals surface area (Å²) in [6, 6.07) is 13.4. The maximum absolute atomic E-state index is 12.5. The van der Waals surface area contributed by atoms with E-state index < -0.39 is 0 Å². The van der Waals surface area contributed by atoms with Crippen molar-refractivity contribution in [3.05, 3.63) is 64.7 Å². The summed E-state index contributed by atoms with van der Waals surface area (Å²) in [7, 11) is 0. The van der Waals surface area contributed by atoms with Gasteiger partial charge < -0.3 is 9.64 Å². The molecule has 4 rings (SSSR count). The second-order valence-corrected chi connectivity index (χ2v) is 10.4. The predicted octanol–water partition coefficient (Wildman–Crippen LogP) is 5.88. The lowest BCUT2D eigenvalue weighted by Gasteiger charge is -2.42. The third-order valence-corrected chi connectivity index (χ3v) is 7.14. The van der Waals surface area contributed by atoms with E-state index >= 15 is 0 Å². The third kappa shape index (κ3) is 4.48. The molecule has 0 unspecified atom stereocenters. The maximum Gasteiger partial charge on any atom is 0.246 e. The van der Waals surface area contributed by atoms with Crippen molar-refractivity contribution in [1.82, 2.24) is 4.90 Å². The predicted molar refractivity (Wildman–Crippen MR) is 128 cm³/mol. The molecule has 2 aromatic rings. The average Bonchev–Trinajstić information content (AvgIpc) is 2.76. The Morgan fingerprint density at radius 1 is 0.968 bits per heavy atom. The Kier molecular flexibility index (Phi) is 5.83. The highest BCUT2D eigenvalue weighted by molar-refractivity contribution is 5.92. The number of ether oxygens (including phenoxy) is 1. The smallest absolute Gasteiger partial charge is 0.246 e. The second-order valence-electron chi connectivity index (χ2n) is 10.4. The Balaban J connectivity index is 1.65. The van der Waals surface area contributed by atoms with Gasteiger partial charge in [0.05, 0.1) is 13.2 Å². The van der Waals surface area contributed by atoms with Crippen LogP contribution in [0, 0.1) is 6.92 Å². The van der Waals surface area contributed by atoms with Gasteiger partial charge in [-0.25, -0.2) is 0 Å². The standard InChI is InChI=1S/C28H35NO2/c1-20-17-24-25(28(4,5)12-11-27(24,2)3)19-23(20)22-8-6-7-21(18-22)9-10-26(30)29-13-15-31-16-14-29/h6-10,17-19H,11-16H2,1-5H3. The monoisotopic (exact) mass is 417 g/mol. The molecule has 1 heterocycles. The largest absolute Gasteiger partial charge is 0.378 e. The number of morpholine rings is 1. The number of hydrogen-bond acceptors (Lipinski definition) is 2. The van der Waals surface area contributed by atoms with Crippen LogP contribution in [0.1, 0.15) is 62.8 Å². The molecule has 1 aliphatic heterocycles. The minimum Gasteiger partial charge on any atom is -0.378 e. The summed E-state index contributed by atoms with van der Waals surface area (Å²) >= 11 is 0. The van der Waals surface area contributed by atoms with Crippen molar-refractivity contribution in [3.63, 3.8) is 0 Å². The summed E-state index contributed by atoms with van der Waals surface area (Å²) in [5.74, 6) is 0.0580. The average molecular weight is 418 g/mol. The molecule has 2 aromatic carbocycles. The van der Waals surface area contributed by atoms with Crippen LogP contribution in [0.15, 0.2) is 42.5 Å². The summed E-state index contributed by atoms with van der Waals surface area (Å²) in [5.41, 5.74) is 8.25. The van der Waals surface area contributed by atoms with Gasteiger partial charge in [-0.3, -0.25) is 4.79 Å². The van der Waals surface area contributed by atoms with Gasteiger partial charge in [0, 0.05) is 19.2 Å². The Morgan fingerprint density at radius 2 is 1.61 bits per heavy atom. The van der Waals surface area contributed by atoms with E-state index in [1.54, 1.807) is 6.08 Å². The summed E-state index contributed by atoms with van der Waals surface area (Å²) in [6.45, 7) is 14.3. The summed E-state index contributed by atoms with van der Waals surface area (Å²) in [6.07, 6.45) is 6.06. The second kappa shape index (κ2) is 8.27. The lowest BCUT2D eigenvalue weighted by molar-refractivity contribution is -0.129. The van der Waals surface area contributed by atoms with Gasteiger partial charge in [-0.2, -0.15) is 0 Å². The summed E-state index contributed by atoms with van der Waals surface area (Å²) in [4.78, 5) is 14.3. The zero-order valence-corrected chi connectivity index (χ0v) is 19.6.